The van der Waals surface area contributed by atoms with Crippen LogP contribution in [0.15, 0.2) is 27.4 Å². The molecule has 2 aromatic rings. The van der Waals surface area contributed by atoms with Gasteiger partial charge in [-0.1, -0.05) is 6.07 Å². The van der Waals surface area contributed by atoms with Gasteiger partial charge in [-0.25, -0.2) is 4.79 Å². The van der Waals surface area contributed by atoms with Crippen LogP contribution in [0.2, 0.25) is 0 Å². The topological polar surface area (TPSA) is 64.6 Å². The van der Waals surface area contributed by atoms with E-state index in [4.69, 9.17) is 9.15 Å². The second kappa shape index (κ2) is 5.07. The molecule has 1 aromatic carbocycles. The monoisotopic (exact) mass is 277 g/mol. The molecule has 0 spiro atoms. The van der Waals surface area contributed by atoms with Crippen LogP contribution in [0, 0.1) is 5.92 Å². The smallest absolute Gasteiger partial charge is 0.408 e. The fourth-order valence-electron chi connectivity index (χ4n) is 2.98. The van der Waals surface area contributed by atoms with Crippen LogP contribution in [0.4, 0.5) is 0 Å². The van der Waals surface area contributed by atoms with E-state index in [0.717, 1.165) is 17.5 Å². The lowest BCUT2D eigenvalue weighted by Gasteiger charge is -2.21. The Hall–Kier alpha value is -1.59. The Kier molecular flexibility index (Phi) is 3.40. The maximum atomic E-state index is 11.7. The van der Waals surface area contributed by atoms with Crippen molar-refractivity contribution >= 4 is 11.1 Å². The molecule has 3 atom stereocenters. The highest BCUT2D eigenvalue weighted by Gasteiger charge is 2.31. The number of oxazole rings is 1. The van der Waals surface area contributed by atoms with Gasteiger partial charge in [0.25, 0.3) is 0 Å². The third-order valence-corrected chi connectivity index (χ3v) is 4.19. The number of hydrogen-bond acceptors (Lipinski definition) is 4. The lowest BCUT2D eigenvalue weighted by molar-refractivity contribution is 0.0432. The lowest BCUT2D eigenvalue weighted by atomic mass is 9.91. The molecule has 0 radical (unpaired) electrons. The summed E-state index contributed by atoms with van der Waals surface area (Å²) in [6, 6.07) is 5.46. The fourth-order valence-corrected chi connectivity index (χ4v) is 2.98. The highest BCUT2D eigenvalue weighted by atomic mass is 16.5. The first-order valence-corrected chi connectivity index (χ1v) is 7.04. The normalized spacial score (nSPS) is 24.4. The first-order valence-electron chi connectivity index (χ1n) is 7.04. The SMILES string of the molecule is CCn1c(=O)oc2cc(C(O)C3CCOC3C)ccc21. The summed E-state index contributed by atoms with van der Waals surface area (Å²) < 4.78 is 12.3. The number of benzene rings is 1. The first kappa shape index (κ1) is 13.4. The van der Waals surface area contributed by atoms with Gasteiger partial charge in [-0.3, -0.25) is 4.57 Å². The molecule has 1 aromatic heterocycles. The maximum Gasteiger partial charge on any atom is 0.419 e. The molecular formula is C15H19NO4. The summed E-state index contributed by atoms with van der Waals surface area (Å²) in [5.74, 6) is -0.265. The van der Waals surface area contributed by atoms with Crippen LogP contribution in [0.1, 0.15) is 31.9 Å². The molecule has 108 valence electrons. The molecule has 0 bridgehead atoms. The van der Waals surface area contributed by atoms with Gasteiger partial charge in [-0.15, -0.1) is 0 Å². The van der Waals surface area contributed by atoms with Gasteiger partial charge in [0.15, 0.2) is 5.58 Å². The molecule has 5 nitrogen and oxygen atoms in total. The van der Waals surface area contributed by atoms with E-state index in [2.05, 4.69) is 0 Å². The molecule has 0 amide bonds. The van der Waals surface area contributed by atoms with E-state index in [-0.39, 0.29) is 17.8 Å². The third-order valence-electron chi connectivity index (χ3n) is 4.19. The van der Waals surface area contributed by atoms with Gasteiger partial charge in [-0.2, -0.15) is 0 Å². The van der Waals surface area contributed by atoms with Gasteiger partial charge in [0, 0.05) is 19.1 Å². The molecule has 1 aliphatic heterocycles. The predicted octanol–water partition coefficient (Wildman–Crippen LogP) is 2.07. The number of ether oxygens (including phenoxy) is 1. The second-order valence-electron chi connectivity index (χ2n) is 5.31. The van der Waals surface area contributed by atoms with Crippen molar-refractivity contribution in [2.24, 2.45) is 5.92 Å². The van der Waals surface area contributed by atoms with E-state index in [9.17, 15) is 9.90 Å². The van der Waals surface area contributed by atoms with Crippen molar-refractivity contribution in [3.05, 3.63) is 34.3 Å². The lowest BCUT2D eigenvalue weighted by Crippen LogP contribution is -2.19. The zero-order chi connectivity index (χ0) is 14.3. The van der Waals surface area contributed by atoms with E-state index < -0.39 is 6.10 Å². The van der Waals surface area contributed by atoms with Crippen molar-refractivity contribution in [2.45, 2.75) is 39.0 Å². The molecular weight excluding hydrogens is 258 g/mol. The average Bonchev–Trinajstić information content (AvgIpc) is 2.99. The molecule has 1 saturated heterocycles. The maximum absolute atomic E-state index is 11.7. The molecule has 1 N–H and O–H groups in total. The standard InChI is InChI=1S/C15H19NO4/c1-3-16-12-5-4-10(8-13(12)20-15(16)18)14(17)11-6-7-19-9(11)2/h4-5,8-9,11,14,17H,3,6-7H2,1-2H3. The van der Waals surface area contributed by atoms with Gasteiger partial charge < -0.3 is 14.3 Å². The van der Waals surface area contributed by atoms with Crippen molar-refractivity contribution in [3.63, 3.8) is 0 Å². The number of fused-ring (bicyclic) bond motifs is 1. The fraction of sp³-hybridized carbons (Fsp3) is 0.533. The highest BCUT2D eigenvalue weighted by molar-refractivity contribution is 5.73. The van der Waals surface area contributed by atoms with Crippen molar-refractivity contribution in [2.75, 3.05) is 6.61 Å². The van der Waals surface area contributed by atoms with Crippen molar-refractivity contribution < 1.29 is 14.3 Å². The zero-order valence-corrected chi connectivity index (χ0v) is 11.7. The van der Waals surface area contributed by atoms with E-state index in [1.165, 1.54) is 0 Å². The van der Waals surface area contributed by atoms with Gasteiger partial charge in [0.05, 0.1) is 17.7 Å². The third kappa shape index (κ3) is 2.07. The highest BCUT2D eigenvalue weighted by Crippen LogP contribution is 2.34. The van der Waals surface area contributed by atoms with E-state index in [1.54, 1.807) is 10.6 Å². The minimum atomic E-state index is -0.591. The van der Waals surface area contributed by atoms with Crippen LogP contribution in [-0.2, 0) is 11.3 Å². The van der Waals surface area contributed by atoms with E-state index in [0.29, 0.717) is 18.7 Å². The summed E-state index contributed by atoms with van der Waals surface area (Å²) in [5, 5.41) is 10.5. The summed E-state index contributed by atoms with van der Waals surface area (Å²) in [7, 11) is 0. The van der Waals surface area contributed by atoms with Crippen LogP contribution in [-0.4, -0.2) is 22.4 Å². The van der Waals surface area contributed by atoms with Crippen molar-refractivity contribution in [1.82, 2.24) is 4.57 Å². The molecule has 1 aliphatic rings. The van der Waals surface area contributed by atoms with Crippen LogP contribution in [0.25, 0.3) is 11.1 Å². The number of aryl methyl sites for hydroxylation is 1. The summed E-state index contributed by atoms with van der Waals surface area (Å²) in [5.41, 5.74) is 2.07. The van der Waals surface area contributed by atoms with Crippen LogP contribution < -0.4 is 5.76 Å². The molecule has 2 heterocycles. The number of hydrogen-bond donors (Lipinski definition) is 1. The molecule has 0 saturated carbocycles. The van der Waals surface area contributed by atoms with Gasteiger partial charge in [-0.05, 0) is 38.0 Å². The quantitative estimate of drug-likeness (QED) is 0.932. The Balaban J connectivity index is 1.98. The summed E-state index contributed by atoms with van der Waals surface area (Å²) >= 11 is 0. The zero-order valence-electron chi connectivity index (χ0n) is 11.7. The van der Waals surface area contributed by atoms with Gasteiger partial charge in [0.2, 0.25) is 0 Å². The van der Waals surface area contributed by atoms with E-state index in [1.807, 2.05) is 26.0 Å². The molecule has 0 aliphatic carbocycles. The molecule has 20 heavy (non-hydrogen) atoms. The number of rotatable bonds is 3. The largest absolute Gasteiger partial charge is 0.419 e. The summed E-state index contributed by atoms with van der Waals surface area (Å²) in [6.45, 7) is 5.14. The van der Waals surface area contributed by atoms with Crippen molar-refractivity contribution in [3.8, 4) is 0 Å². The molecule has 1 fully saturated rings. The number of aliphatic hydroxyl groups excluding tert-OH is 1. The Morgan fingerprint density at radius 3 is 2.95 bits per heavy atom. The van der Waals surface area contributed by atoms with Gasteiger partial charge >= 0.3 is 5.76 Å². The molecule has 3 rings (SSSR count). The second-order valence-corrected chi connectivity index (χ2v) is 5.31. The number of aliphatic hydroxyl groups is 1. The Morgan fingerprint density at radius 2 is 2.30 bits per heavy atom. The van der Waals surface area contributed by atoms with Gasteiger partial charge in [0.1, 0.15) is 0 Å². The first-order chi connectivity index (χ1) is 9.61. The number of nitrogens with zero attached hydrogens (tertiary/aromatic N) is 1. The number of aromatic nitrogens is 1. The Morgan fingerprint density at radius 1 is 1.50 bits per heavy atom. The average molecular weight is 277 g/mol. The minimum absolute atomic E-state index is 0.0490. The molecule has 3 unspecified atom stereocenters. The Labute approximate surface area is 116 Å². The van der Waals surface area contributed by atoms with Crippen LogP contribution >= 0.6 is 0 Å². The van der Waals surface area contributed by atoms with Crippen molar-refractivity contribution in [1.29, 1.82) is 0 Å². The summed E-state index contributed by atoms with van der Waals surface area (Å²) in [4.78, 5) is 11.7. The van der Waals surface area contributed by atoms with Crippen LogP contribution in [0.3, 0.4) is 0 Å². The summed E-state index contributed by atoms with van der Waals surface area (Å²) in [6.07, 6.45) is 0.306. The van der Waals surface area contributed by atoms with E-state index >= 15 is 0 Å². The Bertz CT molecular complexity index is 672. The minimum Gasteiger partial charge on any atom is -0.408 e. The van der Waals surface area contributed by atoms with Crippen LogP contribution in [0.5, 0.6) is 0 Å². The predicted molar refractivity (Wildman–Crippen MR) is 74.6 cm³/mol. The molecule has 5 heteroatoms.